The topological polar surface area (TPSA) is 57.5 Å². The summed E-state index contributed by atoms with van der Waals surface area (Å²) >= 11 is 0. The molecular weight excluding hydrogens is 218 g/mol. The van der Waals surface area contributed by atoms with Gasteiger partial charge in [-0.15, -0.1) is 0 Å². The molecule has 0 aliphatic rings. The summed E-state index contributed by atoms with van der Waals surface area (Å²) in [5.74, 6) is 1.09. The highest BCUT2D eigenvalue weighted by Crippen LogP contribution is 2.14. The molecule has 0 saturated carbocycles. The number of rotatable bonds is 2. The van der Waals surface area contributed by atoms with Gasteiger partial charge in [0.15, 0.2) is 0 Å². The summed E-state index contributed by atoms with van der Waals surface area (Å²) in [4.78, 5) is 10.5. The fourth-order valence-corrected chi connectivity index (χ4v) is 1.02. The molecule has 0 aliphatic heterocycles. The van der Waals surface area contributed by atoms with E-state index in [1.807, 2.05) is 0 Å². The molecule has 84 valence electrons. The Morgan fingerprint density at radius 3 is 2.31 bits per heavy atom. The van der Waals surface area contributed by atoms with Crippen molar-refractivity contribution >= 4 is 5.97 Å². The smallest absolute Gasteiger partial charge is 0.335 e. The normalized spacial score (nSPS) is 9.44. The van der Waals surface area contributed by atoms with Crippen molar-refractivity contribution in [3.05, 3.63) is 34.9 Å². The number of carboxylic acid groups (broad SMARTS) is 1. The van der Waals surface area contributed by atoms with Crippen molar-refractivity contribution in [3.8, 4) is 11.8 Å². The zero-order chi connectivity index (χ0) is 12.1. The minimum absolute atomic E-state index is 0.0968. The maximum atomic E-state index is 13.2. The molecule has 1 aromatic rings. The number of halogens is 2. The van der Waals surface area contributed by atoms with Crippen molar-refractivity contribution in [2.75, 3.05) is 6.61 Å². The number of benzene rings is 1. The first-order valence-electron chi connectivity index (χ1n) is 4.38. The molecule has 2 N–H and O–H groups in total. The average molecular weight is 226 g/mol. The van der Waals surface area contributed by atoms with Crippen LogP contribution in [0, 0.1) is 23.5 Å². The summed E-state index contributed by atoms with van der Waals surface area (Å²) in [5.41, 5.74) is -0.957. The van der Waals surface area contributed by atoms with Gasteiger partial charge < -0.3 is 10.2 Å². The summed E-state index contributed by atoms with van der Waals surface area (Å²) < 4.78 is 26.5. The molecular formula is C11H8F2O3. The van der Waals surface area contributed by atoms with Gasteiger partial charge in [0.2, 0.25) is 0 Å². The van der Waals surface area contributed by atoms with E-state index in [4.69, 9.17) is 10.2 Å². The van der Waals surface area contributed by atoms with Crippen molar-refractivity contribution in [2.24, 2.45) is 0 Å². The zero-order valence-electron chi connectivity index (χ0n) is 8.13. The van der Waals surface area contributed by atoms with E-state index < -0.39 is 28.7 Å². The SMILES string of the molecule is O=C(O)c1cc(F)c(C#CCCO)c(F)c1. The Morgan fingerprint density at radius 1 is 1.31 bits per heavy atom. The number of aliphatic hydroxyl groups is 1. The van der Waals surface area contributed by atoms with Crippen LogP contribution in [-0.2, 0) is 0 Å². The van der Waals surface area contributed by atoms with Crippen LogP contribution in [0.1, 0.15) is 22.3 Å². The highest BCUT2D eigenvalue weighted by Gasteiger charge is 2.12. The Morgan fingerprint density at radius 2 is 1.88 bits per heavy atom. The molecule has 0 aliphatic carbocycles. The summed E-state index contributed by atoms with van der Waals surface area (Å²) in [6, 6.07) is 1.41. The Labute approximate surface area is 90.3 Å². The second-order valence-corrected chi connectivity index (χ2v) is 2.90. The van der Waals surface area contributed by atoms with Crippen molar-refractivity contribution in [1.82, 2.24) is 0 Å². The molecule has 3 nitrogen and oxygen atoms in total. The standard InChI is InChI=1S/C11H8F2O3/c12-9-5-7(11(15)16)6-10(13)8(9)3-1-2-4-14/h5-6,14H,2,4H2,(H,15,16). The molecule has 1 aromatic carbocycles. The van der Waals surface area contributed by atoms with Crippen molar-refractivity contribution < 1.29 is 23.8 Å². The molecule has 0 saturated heterocycles. The van der Waals surface area contributed by atoms with Gasteiger partial charge in [0.05, 0.1) is 17.7 Å². The van der Waals surface area contributed by atoms with Gasteiger partial charge in [-0.2, -0.15) is 0 Å². The van der Waals surface area contributed by atoms with Gasteiger partial charge in [0.1, 0.15) is 11.6 Å². The summed E-state index contributed by atoms with van der Waals surface area (Å²) in [5, 5.41) is 17.0. The third-order valence-corrected chi connectivity index (χ3v) is 1.74. The molecule has 0 spiro atoms. The van der Waals surface area contributed by atoms with E-state index in [9.17, 15) is 13.6 Å². The number of carboxylic acids is 1. The van der Waals surface area contributed by atoms with E-state index in [-0.39, 0.29) is 13.0 Å². The molecule has 0 aromatic heterocycles. The molecule has 16 heavy (non-hydrogen) atoms. The van der Waals surface area contributed by atoms with Crippen LogP contribution in [0.15, 0.2) is 12.1 Å². The second kappa shape index (κ2) is 5.24. The summed E-state index contributed by atoms with van der Waals surface area (Å²) in [6.07, 6.45) is 0.0968. The Hall–Kier alpha value is -1.93. The first-order chi connectivity index (χ1) is 7.56. The third kappa shape index (κ3) is 2.78. The predicted octanol–water partition coefficient (Wildman–Crippen LogP) is 1.40. The van der Waals surface area contributed by atoms with Crippen LogP contribution in [0.4, 0.5) is 8.78 Å². The first kappa shape index (κ1) is 12.1. The molecule has 0 radical (unpaired) electrons. The minimum atomic E-state index is -1.41. The van der Waals surface area contributed by atoms with E-state index in [0.717, 1.165) is 0 Å². The second-order valence-electron chi connectivity index (χ2n) is 2.90. The van der Waals surface area contributed by atoms with Gasteiger partial charge in [0, 0.05) is 6.42 Å². The number of aliphatic hydroxyl groups excluding tert-OH is 1. The zero-order valence-corrected chi connectivity index (χ0v) is 8.13. The first-order valence-corrected chi connectivity index (χ1v) is 4.38. The molecule has 0 unspecified atom stereocenters. The lowest BCUT2D eigenvalue weighted by atomic mass is 10.1. The molecule has 0 heterocycles. The predicted molar refractivity (Wildman–Crippen MR) is 51.9 cm³/mol. The van der Waals surface area contributed by atoms with Crippen LogP contribution < -0.4 is 0 Å². The highest BCUT2D eigenvalue weighted by molar-refractivity contribution is 5.87. The molecule has 0 amide bonds. The number of hydrogen-bond acceptors (Lipinski definition) is 2. The van der Waals surface area contributed by atoms with Gasteiger partial charge in [-0.05, 0) is 12.1 Å². The largest absolute Gasteiger partial charge is 0.478 e. The quantitative estimate of drug-likeness (QED) is 0.749. The van der Waals surface area contributed by atoms with Crippen molar-refractivity contribution in [1.29, 1.82) is 0 Å². The molecule has 0 fully saturated rings. The number of hydrogen-bond donors (Lipinski definition) is 2. The fraction of sp³-hybridized carbons (Fsp3) is 0.182. The van der Waals surface area contributed by atoms with Crippen molar-refractivity contribution in [3.63, 3.8) is 0 Å². The average Bonchev–Trinajstić information content (AvgIpc) is 2.21. The Bertz CT molecular complexity index is 449. The van der Waals surface area contributed by atoms with Crippen LogP contribution in [0.2, 0.25) is 0 Å². The van der Waals surface area contributed by atoms with E-state index in [2.05, 4.69) is 11.8 Å². The molecule has 5 heteroatoms. The number of aromatic carboxylic acids is 1. The van der Waals surface area contributed by atoms with E-state index in [1.54, 1.807) is 0 Å². The maximum Gasteiger partial charge on any atom is 0.335 e. The molecule has 0 bridgehead atoms. The lowest BCUT2D eigenvalue weighted by Gasteiger charge is -1.99. The maximum absolute atomic E-state index is 13.2. The lowest BCUT2D eigenvalue weighted by Crippen LogP contribution is -2.01. The summed E-state index contributed by atoms with van der Waals surface area (Å²) in [6.45, 7) is -0.205. The van der Waals surface area contributed by atoms with E-state index in [0.29, 0.717) is 12.1 Å². The van der Waals surface area contributed by atoms with Gasteiger partial charge in [-0.3, -0.25) is 0 Å². The van der Waals surface area contributed by atoms with E-state index in [1.165, 1.54) is 0 Å². The van der Waals surface area contributed by atoms with Crippen LogP contribution in [0.3, 0.4) is 0 Å². The van der Waals surface area contributed by atoms with E-state index >= 15 is 0 Å². The monoisotopic (exact) mass is 226 g/mol. The Kier molecular flexibility index (Phi) is 3.97. The van der Waals surface area contributed by atoms with Crippen LogP contribution in [-0.4, -0.2) is 22.8 Å². The van der Waals surface area contributed by atoms with Crippen molar-refractivity contribution in [2.45, 2.75) is 6.42 Å². The van der Waals surface area contributed by atoms with Crippen LogP contribution in [0.5, 0.6) is 0 Å². The minimum Gasteiger partial charge on any atom is -0.478 e. The van der Waals surface area contributed by atoms with Crippen LogP contribution in [0.25, 0.3) is 0 Å². The molecule has 0 atom stereocenters. The van der Waals surface area contributed by atoms with Gasteiger partial charge in [-0.1, -0.05) is 11.8 Å². The number of carbonyl (C=O) groups is 1. The Balaban J connectivity index is 3.14. The third-order valence-electron chi connectivity index (χ3n) is 1.74. The molecule has 1 rings (SSSR count). The highest BCUT2D eigenvalue weighted by atomic mass is 19.1. The van der Waals surface area contributed by atoms with Crippen LogP contribution >= 0.6 is 0 Å². The summed E-state index contributed by atoms with van der Waals surface area (Å²) in [7, 11) is 0. The van der Waals surface area contributed by atoms with Gasteiger partial charge in [-0.25, -0.2) is 13.6 Å². The van der Waals surface area contributed by atoms with Gasteiger partial charge in [0.25, 0.3) is 0 Å². The van der Waals surface area contributed by atoms with Gasteiger partial charge >= 0.3 is 5.97 Å². The lowest BCUT2D eigenvalue weighted by molar-refractivity contribution is 0.0695. The fourth-order valence-electron chi connectivity index (χ4n) is 1.02.